The maximum absolute atomic E-state index is 13.4. The maximum atomic E-state index is 13.4. The van der Waals surface area contributed by atoms with Crippen LogP contribution in [0, 0.1) is 11.3 Å². The third kappa shape index (κ3) is 3.70. The van der Waals surface area contributed by atoms with Crippen molar-refractivity contribution in [3.05, 3.63) is 42.0 Å². The van der Waals surface area contributed by atoms with Crippen LogP contribution < -0.4 is 9.74 Å². The fraction of sp³-hybridized carbons (Fsp3) is 0.278. The predicted molar refractivity (Wildman–Crippen MR) is 92.3 cm³/mol. The van der Waals surface area contributed by atoms with Gasteiger partial charge in [-0.15, -0.1) is 4.43 Å². The van der Waals surface area contributed by atoms with Crippen molar-refractivity contribution in [3.8, 4) is 6.07 Å². The van der Waals surface area contributed by atoms with E-state index in [0.717, 1.165) is 20.1 Å². The predicted octanol–water partition coefficient (Wildman–Crippen LogP) is 1.12. The Morgan fingerprint density at radius 3 is 2.85 bits per heavy atom. The summed E-state index contributed by atoms with van der Waals surface area (Å²) in [5, 5.41) is 13.0. The van der Waals surface area contributed by atoms with Crippen LogP contribution in [0.2, 0.25) is 0 Å². The molecule has 1 aliphatic heterocycles. The molecule has 2 aromatic rings. The van der Waals surface area contributed by atoms with Gasteiger partial charge < -0.3 is 10.2 Å². The summed E-state index contributed by atoms with van der Waals surface area (Å²) in [7, 11) is 0. The van der Waals surface area contributed by atoms with Gasteiger partial charge in [-0.25, -0.2) is 8.78 Å². The van der Waals surface area contributed by atoms with Gasteiger partial charge in [0.1, 0.15) is 6.04 Å². The van der Waals surface area contributed by atoms with E-state index in [1.165, 1.54) is 0 Å². The number of nitrogens with one attached hydrogen (secondary N) is 1. The van der Waals surface area contributed by atoms with Crippen LogP contribution >= 0.6 is 0 Å². The van der Waals surface area contributed by atoms with Crippen molar-refractivity contribution in [3.63, 3.8) is 0 Å². The van der Waals surface area contributed by atoms with Crippen molar-refractivity contribution in [2.24, 2.45) is 0 Å². The molecule has 1 heterocycles. The molecule has 3 rings (SSSR count). The third-order valence-electron chi connectivity index (χ3n) is 4.29. The van der Waals surface area contributed by atoms with Crippen molar-refractivity contribution < 1.29 is 18.4 Å². The first-order valence-electron chi connectivity index (χ1n) is 7.94. The second kappa shape index (κ2) is 7.03. The largest absolute Gasteiger partial charge is 0.343 e. The number of fused-ring (bicyclic) bond motifs is 1. The molecule has 1 N–H and O–H groups in total. The van der Waals surface area contributed by atoms with Crippen LogP contribution in [0.1, 0.15) is 16.8 Å². The Balaban J connectivity index is 1.72. The summed E-state index contributed by atoms with van der Waals surface area (Å²) in [4.78, 5) is 25.4. The normalized spacial score (nSPS) is 18.5. The number of alkyl halides is 2. The molecule has 1 aliphatic rings. The van der Waals surface area contributed by atoms with Gasteiger partial charge >= 0.3 is 0 Å². The van der Waals surface area contributed by atoms with Gasteiger partial charge in [0, 0.05) is 12.0 Å². The monoisotopic (exact) mass is 369 g/mol. The standard InChI is InChI=1S/C18H14F2N3O2.Al/c19-18(20)8-13(9-21)23(11-18)16(24)10-22-17(25)15-7-3-5-12-4-1-2-6-14(12)15;/h2-7,13H,8,10-11H2,(H,22,25);. The molecule has 1 atom stereocenters. The molecule has 1 fully saturated rings. The molecule has 2 radical (unpaired) electrons. The van der Waals surface area contributed by atoms with Crippen LogP contribution in [0.3, 0.4) is 0 Å². The average molecular weight is 369 g/mol. The van der Waals surface area contributed by atoms with Crippen LogP contribution in [0.5, 0.6) is 0 Å². The molecule has 1 unspecified atom stereocenters. The summed E-state index contributed by atoms with van der Waals surface area (Å²) in [6.45, 7) is -1.24. The molecule has 5 nitrogen and oxygen atoms in total. The van der Waals surface area contributed by atoms with Crippen molar-refractivity contribution >= 4 is 43.3 Å². The van der Waals surface area contributed by atoms with E-state index < -0.39 is 43.3 Å². The first kappa shape index (κ1) is 18.3. The van der Waals surface area contributed by atoms with E-state index in [9.17, 15) is 18.4 Å². The lowest BCUT2D eigenvalue weighted by molar-refractivity contribution is -0.131. The van der Waals surface area contributed by atoms with Gasteiger partial charge in [-0.05, 0) is 16.8 Å². The molecule has 2 aromatic carbocycles. The lowest BCUT2D eigenvalue weighted by Gasteiger charge is -2.19. The SMILES string of the molecule is N#CC1CC(F)(F)CN1C(=O)CNC(=O)c1cccc2c[c]([Al])ccc12. The summed E-state index contributed by atoms with van der Waals surface area (Å²) >= 11 is 2.58. The van der Waals surface area contributed by atoms with E-state index in [-0.39, 0.29) is 0 Å². The van der Waals surface area contributed by atoms with Crippen molar-refractivity contribution in [2.75, 3.05) is 13.1 Å². The smallest absolute Gasteiger partial charge is 0.268 e. The fourth-order valence-electron chi connectivity index (χ4n) is 3.05. The van der Waals surface area contributed by atoms with Crippen LogP contribution in [-0.4, -0.2) is 58.1 Å². The van der Waals surface area contributed by atoms with Crippen LogP contribution in [-0.2, 0) is 4.79 Å². The summed E-state index contributed by atoms with van der Waals surface area (Å²) in [5.74, 6) is -4.25. The van der Waals surface area contributed by atoms with Crippen LogP contribution in [0.15, 0.2) is 36.4 Å². The van der Waals surface area contributed by atoms with Gasteiger partial charge in [-0.2, -0.15) is 5.26 Å². The van der Waals surface area contributed by atoms with Gasteiger partial charge in [0.25, 0.3) is 11.8 Å². The van der Waals surface area contributed by atoms with Crippen LogP contribution in [0.4, 0.5) is 8.78 Å². The number of nitriles is 1. The highest BCUT2D eigenvalue weighted by atomic mass is 27.0. The number of amides is 2. The minimum Gasteiger partial charge on any atom is -0.343 e. The van der Waals surface area contributed by atoms with E-state index in [1.54, 1.807) is 24.3 Å². The number of hydrogen-bond acceptors (Lipinski definition) is 3. The zero-order chi connectivity index (χ0) is 18.9. The topological polar surface area (TPSA) is 73.2 Å². The highest BCUT2D eigenvalue weighted by Crippen LogP contribution is 2.31. The molecule has 0 aliphatic carbocycles. The Hall–Kier alpha value is -2.48. The molecule has 26 heavy (non-hydrogen) atoms. The molecule has 0 bridgehead atoms. The molecular weight excluding hydrogens is 355 g/mol. The van der Waals surface area contributed by atoms with Gasteiger partial charge in [0.15, 0.2) is 16.3 Å². The average Bonchev–Trinajstić information content (AvgIpc) is 2.93. The molecule has 0 spiro atoms. The summed E-state index contributed by atoms with van der Waals surface area (Å²) in [6, 6.07) is 11.3. The quantitative estimate of drug-likeness (QED) is 0.825. The minimum atomic E-state index is -3.08. The molecule has 0 saturated carbocycles. The zero-order valence-corrected chi connectivity index (χ0v) is 14.9. The fourth-order valence-corrected chi connectivity index (χ4v) is 3.32. The molecule has 8 heteroatoms. The Morgan fingerprint density at radius 1 is 1.35 bits per heavy atom. The number of carbonyl (C=O) groups excluding carboxylic acids is 2. The third-order valence-corrected chi connectivity index (χ3v) is 4.65. The molecule has 130 valence electrons. The number of benzene rings is 2. The molecule has 2 amide bonds. The van der Waals surface area contributed by atoms with Gasteiger partial charge in [0.2, 0.25) is 5.91 Å². The number of carbonyl (C=O) groups is 2. The second-order valence-electron chi connectivity index (χ2n) is 6.20. The van der Waals surface area contributed by atoms with Gasteiger partial charge in [-0.3, -0.25) is 9.59 Å². The Labute approximate surface area is 157 Å². The van der Waals surface area contributed by atoms with Crippen molar-refractivity contribution in [1.82, 2.24) is 10.2 Å². The number of likely N-dealkylation sites (tertiary alicyclic amines) is 1. The van der Waals surface area contributed by atoms with Gasteiger partial charge in [-0.1, -0.05) is 30.3 Å². The van der Waals surface area contributed by atoms with E-state index in [0.29, 0.717) is 5.56 Å². The highest BCUT2D eigenvalue weighted by Gasteiger charge is 2.47. The van der Waals surface area contributed by atoms with Crippen molar-refractivity contribution in [1.29, 1.82) is 5.26 Å². The first-order valence-corrected chi connectivity index (χ1v) is 8.52. The van der Waals surface area contributed by atoms with E-state index in [1.807, 2.05) is 18.2 Å². The molecular formula is C18H14AlF2N3O2. The Morgan fingerprint density at radius 2 is 2.12 bits per heavy atom. The maximum Gasteiger partial charge on any atom is 0.268 e. The summed E-state index contributed by atoms with van der Waals surface area (Å²) in [5.41, 5.74) is 0.392. The Kier molecular flexibility index (Phi) is 4.95. The minimum absolute atomic E-state index is 0.392. The zero-order valence-electron chi connectivity index (χ0n) is 13.7. The summed E-state index contributed by atoms with van der Waals surface area (Å²) in [6.07, 6.45) is -0.677. The Bertz CT molecular complexity index is 926. The number of rotatable bonds is 3. The van der Waals surface area contributed by atoms with E-state index >= 15 is 0 Å². The lowest BCUT2D eigenvalue weighted by Crippen LogP contribution is -2.43. The number of hydrogen-bond donors (Lipinski definition) is 1. The van der Waals surface area contributed by atoms with E-state index in [4.69, 9.17) is 5.26 Å². The summed E-state index contributed by atoms with van der Waals surface area (Å²) < 4.78 is 27.8. The van der Waals surface area contributed by atoms with E-state index in [2.05, 4.69) is 21.6 Å². The first-order chi connectivity index (χ1) is 12.3. The molecule has 0 aromatic heterocycles. The number of nitrogens with zero attached hydrogens (tertiary/aromatic N) is 2. The second-order valence-corrected chi connectivity index (χ2v) is 6.86. The lowest BCUT2D eigenvalue weighted by atomic mass is 10.0. The van der Waals surface area contributed by atoms with Gasteiger partial charge in [0.05, 0.1) is 19.2 Å². The van der Waals surface area contributed by atoms with Crippen LogP contribution in [0.25, 0.3) is 10.8 Å². The molecule has 1 saturated heterocycles. The van der Waals surface area contributed by atoms with Crippen molar-refractivity contribution in [2.45, 2.75) is 18.4 Å². The highest BCUT2D eigenvalue weighted by molar-refractivity contribution is 6.33. The number of halogens is 2.